The number of hydrogen-bond acceptors (Lipinski definition) is 3. The molecule has 108 valence electrons. The number of carbonyl (C=O) groups is 2. The van der Waals surface area contributed by atoms with Crippen LogP contribution in [0, 0.1) is 0 Å². The quantitative estimate of drug-likeness (QED) is 0.807. The van der Waals surface area contributed by atoms with Crippen LogP contribution in [0.1, 0.15) is 32.6 Å². The zero-order chi connectivity index (χ0) is 14.3. The van der Waals surface area contributed by atoms with Crippen LogP contribution in [0.2, 0.25) is 0 Å². The van der Waals surface area contributed by atoms with Gasteiger partial charge in [0.25, 0.3) is 5.91 Å². The van der Waals surface area contributed by atoms with Crippen molar-refractivity contribution in [2.24, 2.45) is 7.05 Å². The Labute approximate surface area is 118 Å². The Bertz CT molecular complexity index is 539. The molecule has 0 saturated carbocycles. The van der Waals surface area contributed by atoms with E-state index in [1.165, 1.54) is 0 Å². The minimum atomic E-state index is -0.410. The summed E-state index contributed by atoms with van der Waals surface area (Å²) in [7, 11) is 1.81. The maximum Gasteiger partial charge on any atom is 0.251 e. The van der Waals surface area contributed by atoms with E-state index in [-0.39, 0.29) is 17.9 Å². The monoisotopic (exact) mass is 276 g/mol. The van der Waals surface area contributed by atoms with Gasteiger partial charge in [-0.1, -0.05) is 6.92 Å². The van der Waals surface area contributed by atoms with Gasteiger partial charge < -0.3 is 4.90 Å². The second kappa shape index (κ2) is 4.92. The van der Waals surface area contributed by atoms with Crippen LogP contribution in [-0.4, -0.2) is 45.1 Å². The molecule has 20 heavy (non-hydrogen) atoms. The Kier molecular flexibility index (Phi) is 3.23. The van der Waals surface area contributed by atoms with Crippen LogP contribution < -0.4 is 4.90 Å². The van der Waals surface area contributed by atoms with Gasteiger partial charge in [-0.25, -0.2) is 0 Å². The molecule has 2 amide bonds. The van der Waals surface area contributed by atoms with E-state index in [1.807, 2.05) is 14.0 Å². The highest BCUT2D eigenvalue weighted by molar-refractivity contribution is 6.07. The topological polar surface area (TPSA) is 58.4 Å². The number of piperidine rings is 1. The zero-order valence-electron chi connectivity index (χ0n) is 12.0. The number of piperazine rings is 1. The van der Waals surface area contributed by atoms with Gasteiger partial charge >= 0.3 is 0 Å². The maximum absolute atomic E-state index is 12.8. The first-order valence-electron chi connectivity index (χ1n) is 7.26. The van der Waals surface area contributed by atoms with Gasteiger partial charge in [0.15, 0.2) is 5.82 Å². The molecule has 0 aliphatic carbocycles. The van der Waals surface area contributed by atoms with Gasteiger partial charge in [0, 0.05) is 25.9 Å². The van der Waals surface area contributed by atoms with Gasteiger partial charge in [-0.3, -0.25) is 19.2 Å². The molecule has 3 heterocycles. The highest BCUT2D eigenvalue weighted by Gasteiger charge is 2.46. The van der Waals surface area contributed by atoms with Crippen LogP contribution in [0.5, 0.6) is 0 Å². The molecule has 3 rings (SSSR count). The summed E-state index contributed by atoms with van der Waals surface area (Å²) in [5.41, 5.74) is 0. The normalized spacial score (nSPS) is 26.9. The first-order valence-corrected chi connectivity index (χ1v) is 7.26. The SMILES string of the molecule is CCC1C(=O)N2CCCCC2C(=O)N1c1ccn(C)n1. The van der Waals surface area contributed by atoms with Crippen molar-refractivity contribution < 1.29 is 9.59 Å². The Morgan fingerprint density at radius 1 is 1.30 bits per heavy atom. The van der Waals surface area contributed by atoms with E-state index in [9.17, 15) is 9.59 Å². The number of fused-ring (bicyclic) bond motifs is 1. The predicted octanol–water partition coefficient (Wildman–Crippen LogP) is 0.926. The predicted molar refractivity (Wildman–Crippen MR) is 74.1 cm³/mol. The molecule has 1 aromatic heterocycles. The fourth-order valence-electron chi connectivity index (χ4n) is 3.23. The summed E-state index contributed by atoms with van der Waals surface area (Å²) < 4.78 is 1.66. The second-order valence-electron chi connectivity index (χ2n) is 5.52. The molecule has 2 atom stereocenters. The zero-order valence-corrected chi connectivity index (χ0v) is 12.0. The van der Waals surface area contributed by atoms with E-state index < -0.39 is 6.04 Å². The molecule has 0 aromatic carbocycles. The Balaban J connectivity index is 1.98. The van der Waals surface area contributed by atoms with E-state index in [1.54, 1.807) is 26.7 Å². The van der Waals surface area contributed by atoms with Gasteiger partial charge in [0.05, 0.1) is 0 Å². The smallest absolute Gasteiger partial charge is 0.251 e. The number of hydrogen-bond donors (Lipinski definition) is 0. The Hall–Kier alpha value is -1.85. The summed E-state index contributed by atoms with van der Waals surface area (Å²) in [6, 6.07) is 1.10. The number of nitrogens with zero attached hydrogens (tertiary/aromatic N) is 4. The summed E-state index contributed by atoms with van der Waals surface area (Å²) in [6.45, 7) is 2.65. The van der Waals surface area contributed by atoms with Crippen molar-refractivity contribution in [2.45, 2.75) is 44.7 Å². The largest absolute Gasteiger partial charge is 0.329 e. The second-order valence-corrected chi connectivity index (χ2v) is 5.52. The molecule has 0 spiro atoms. The first kappa shape index (κ1) is 13.1. The Morgan fingerprint density at radius 3 is 2.75 bits per heavy atom. The van der Waals surface area contributed by atoms with E-state index >= 15 is 0 Å². The fraction of sp³-hybridized carbons (Fsp3) is 0.643. The molecule has 2 aliphatic rings. The standard InChI is InChI=1S/C14H20N4O2/c1-3-10-13(19)17-8-5-4-6-11(17)14(20)18(10)12-7-9-16(2)15-12/h7,9-11H,3-6,8H2,1-2H3. The van der Waals surface area contributed by atoms with Gasteiger partial charge in [-0.2, -0.15) is 5.10 Å². The Morgan fingerprint density at radius 2 is 2.10 bits per heavy atom. The molecule has 0 bridgehead atoms. The lowest BCUT2D eigenvalue weighted by molar-refractivity contribution is -0.148. The van der Waals surface area contributed by atoms with E-state index in [0.717, 1.165) is 19.3 Å². The molecule has 6 heteroatoms. The van der Waals surface area contributed by atoms with Gasteiger partial charge in [-0.05, 0) is 25.7 Å². The molecular weight excluding hydrogens is 256 g/mol. The molecule has 0 radical (unpaired) electrons. The lowest BCUT2D eigenvalue weighted by Gasteiger charge is -2.46. The first-order chi connectivity index (χ1) is 9.63. The van der Waals surface area contributed by atoms with Crippen LogP contribution in [-0.2, 0) is 16.6 Å². The molecular formula is C14H20N4O2. The number of aromatic nitrogens is 2. The van der Waals surface area contributed by atoms with Crippen molar-refractivity contribution >= 4 is 17.6 Å². The molecule has 2 unspecified atom stereocenters. The molecule has 0 N–H and O–H groups in total. The number of anilines is 1. The third-order valence-corrected chi connectivity index (χ3v) is 4.24. The van der Waals surface area contributed by atoms with Crippen molar-refractivity contribution in [3.8, 4) is 0 Å². The van der Waals surface area contributed by atoms with Crippen LogP contribution >= 0.6 is 0 Å². The van der Waals surface area contributed by atoms with Crippen LogP contribution in [0.3, 0.4) is 0 Å². The van der Waals surface area contributed by atoms with E-state index in [0.29, 0.717) is 18.8 Å². The highest BCUT2D eigenvalue weighted by Crippen LogP contribution is 2.30. The van der Waals surface area contributed by atoms with Crippen LogP contribution in [0.15, 0.2) is 12.3 Å². The minimum absolute atomic E-state index is 0.0230. The summed E-state index contributed by atoms with van der Waals surface area (Å²) in [6.07, 6.45) is 5.18. The van der Waals surface area contributed by atoms with Gasteiger partial charge in [0.2, 0.25) is 5.91 Å². The molecule has 1 aromatic rings. The van der Waals surface area contributed by atoms with E-state index in [2.05, 4.69) is 5.10 Å². The van der Waals surface area contributed by atoms with Crippen molar-refractivity contribution in [1.82, 2.24) is 14.7 Å². The fourth-order valence-corrected chi connectivity index (χ4v) is 3.23. The number of aryl methyl sites for hydroxylation is 1. The molecule has 2 saturated heterocycles. The number of carbonyl (C=O) groups excluding carboxylic acids is 2. The lowest BCUT2D eigenvalue weighted by atomic mass is 9.94. The third kappa shape index (κ3) is 1.90. The van der Waals surface area contributed by atoms with Crippen molar-refractivity contribution in [3.63, 3.8) is 0 Å². The minimum Gasteiger partial charge on any atom is -0.329 e. The number of amides is 2. The highest BCUT2D eigenvalue weighted by atomic mass is 16.2. The van der Waals surface area contributed by atoms with E-state index in [4.69, 9.17) is 0 Å². The lowest BCUT2D eigenvalue weighted by Crippen LogP contribution is -2.66. The summed E-state index contributed by atoms with van der Waals surface area (Å²) in [5.74, 6) is 0.681. The van der Waals surface area contributed by atoms with Crippen molar-refractivity contribution in [2.75, 3.05) is 11.4 Å². The summed E-state index contributed by atoms with van der Waals surface area (Å²) in [5, 5.41) is 4.31. The molecule has 2 fully saturated rings. The van der Waals surface area contributed by atoms with Crippen molar-refractivity contribution in [3.05, 3.63) is 12.3 Å². The van der Waals surface area contributed by atoms with Gasteiger partial charge in [0.1, 0.15) is 12.1 Å². The molecule has 2 aliphatic heterocycles. The number of rotatable bonds is 2. The average molecular weight is 276 g/mol. The maximum atomic E-state index is 12.8. The summed E-state index contributed by atoms with van der Waals surface area (Å²) in [4.78, 5) is 28.8. The van der Waals surface area contributed by atoms with Gasteiger partial charge in [-0.15, -0.1) is 0 Å². The van der Waals surface area contributed by atoms with Crippen molar-refractivity contribution in [1.29, 1.82) is 0 Å². The molecule has 6 nitrogen and oxygen atoms in total. The summed E-state index contributed by atoms with van der Waals surface area (Å²) >= 11 is 0. The average Bonchev–Trinajstić information content (AvgIpc) is 2.88. The van der Waals surface area contributed by atoms with Crippen LogP contribution in [0.25, 0.3) is 0 Å². The van der Waals surface area contributed by atoms with Crippen LogP contribution in [0.4, 0.5) is 5.82 Å². The third-order valence-electron chi connectivity index (χ3n) is 4.24.